The first kappa shape index (κ1) is 37.3. The first-order valence-electron chi connectivity index (χ1n) is 18.7. The van der Waals surface area contributed by atoms with Gasteiger partial charge in [0.2, 0.25) is 0 Å². The van der Waals surface area contributed by atoms with E-state index < -0.39 is 30.6 Å². The van der Waals surface area contributed by atoms with Crippen molar-refractivity contribution in [1.82, 2.24) is 0 Å². The zero-order chi connectivity index (χ0) is 33.3. The number of fused-ring (bicyclic) bond motifs is 5. The van der Waals surface area contributed by atoms with Crippen molar-refractivity contribution >= 4 is 25.0 Å². The molecule has 0 aromatic rings. The maximum absolute atomic E-state index is 13.1. The van der Waals surface area contributed by atoms with Crippen LogP contribution in [0, 0.1) is 52.3 Å². The predicted octanol–water partition coefficient (Wildman–Crippen LogP) is 10.3. The lowest BCUT2D eigenvalue weighted by Crippen LogP contribution is -2.71. The molecule has 0 spiro atoms. The van der Waals surface area contributed by atoms with Crippen molar-refractivity contribution in [2.24, 2.45) is 52.3 Å². The summed E-state index contributed by atoms with van der Waals surface area (Å²) in [6.07, 6.45) is 10.5. The van der Waals surface area contributed by atoms with Crippen LogP contribution in [0.15, 0.2) is 0 Å². The van der Waals surface area contributed by atoms with E-state index in [2.05, 4.69) is 100 Å². The van der Waals surface area contributed by atoms with Crippen molar-refractivity contribution in [1.29, 1.82) is 0 Å². The van der Waals surface area contributed by atoms with E-state index >= 15 is 0 Å². The van der Waals surface area contributed by atoms with Crippen LogP contribution in [0.3, 0.4) is 0 Å². The molecule has 0 aromatic heterocycles. The topological polar surface area (TPSA) is 47.9 Å². The molecule has 4 fully saturated rings. The highest BCUT2D eigenvalue weighted by atomic mass is 28.4. The molecule has 4 unspecified atom stereocenters. The second kappa shape index (κ2) is 12.7. The van der Waals surface area contributed by atoms with E-state index in [4.69, 9.17) is 13.3 Å². The maximum atomic E-state index is 13.1. The van der Waals surface area contributed by atoms with Crippen molar-refractivity contribution in [2.45, 2.75) is 182 Å². The second-order valence-electron chi connectivity index (χ2n) is 20.0. The predicted molar refractivity (Wildman–Crippen MR) is 194 cm³/mol. The van der Waals surface area contributed by atoms with Crippen molar-refractivity contribution < 1.29 is 18.4 Å². The zero-order valence-electron chi connectivity index (χ0n) is 31.8. The van der Waals surface area contributed by atoms with Crippen LogP contribution >= 0.6 is 0 Å². The smallest absolute Gasteiger partial charge is 0.184 e. The third kappa shape index (κ3) is 7.39. The van der Waals surface area contributed by atoms with E-state index in [0.717, 1.165) is 49.9 Å². The summed E-state index contributed by atoms with van der Waals surface area (Å²) < 4.78 is 21.2. The summed E-state index contributed by atoms with van der Waals surface area (Å²) in [5, 5.41) is 13.1. The van der Waals surface area contributed by atoms with Gasteiger partial charge in [-0.05, 0) is 144 Å². The average molecular weight is 667 g/mol. The molecule has 4 nitrogen and oxygen atoms in total. The number of aliphatic hydroxyl groups is 1. The molecule has 0 amide bonds. The maximum Gasteiger partial charge on any atom is 0.184 e. The van der Waals surface area contributed by atoms with Gasteiger partial charge in [-0.15, -0.1) is 0 Å². The van der Waals surface area contributed by atoms with E-state index in [-0.39, 0.29) is 29.1 Å². The molecule has 12 atom stereocenters. The first-order valence-corrected chi connectivity index (χ1v) is 28.9. The molecule has 0 heterocycles. The first-order chi connectivity index (χ1) is 19.9. The van der Waals surface area contributed by atoms with Crippen LogP contribution in [0.4, 0.5) is 0 Å². The van der Waals surface area contributed by atoms with Crippen molar-refractivity contribution in [3.05, 3.63) is 0 Å². The summed E-state index contributed by atoms with van der Waals surface area (Å²) in [6, 6.07) is 0. The fourth-order valence-electron chi connectivity index (χ4n) is 11.0. The van der Waals surface area contributed by atoms with Gasteiger partial charge < -0.3 is 18.4 Å². The Morgan fingerprint density at radius 3 is 1.82 bits per heavy atom. The second-order valence-corrected chi connectivity index (χ2v) is 33.4. The van der Waals surface area contributed by atoms with Crippen LogP contribution in [-0.4, -0.2) is 54.0 Å². The molecule has 0 aliphatic heterocycles. The molecule has 0 aromatic carbocycles. The van der Waals surface area contributed by atoms with E-state index in [1.165, 1.54) is 25.7 Å². The van der Waals surface area contributed by atoms with E-state index in [9.17, 15) is 5.11 Å². The summed E-state index contributed by atoms with van der Waals surface area (Å²) in [7, 11) is -5.41. The van der Waals surface area contributed by atoms with Crippen LogP contribution in [0.1, 0.15) is 99.3 Å². The van der Waals surface area contributed by atoms with Crippen LogP contribution in [0.2, 0.25) is 58.9 Å². The van der Waals surface area contributed by atoms with Crippen LogP contribution in [-0.2, 0) is 13.3 Å². The fraction of sp³-hybridized carbons (Fsp3) is 1.00. The van der Waals surface area contributed by atoms with E-state index in [1.807, 2.05) is 0 Å². The normalized spacial score (nSPS) is 42.9. The third-order valence-electron chi connectivity index (χ3n) is 13.3. The van der Waals surface area contributed by atoms with E-state index in [0.29, 0.717) is 23.7 Å². The third-order valence-corrected chi connectivity index (χ3v) is 16.4. The Kier molecular flexibility index (Phi) is 10.8. The Morgan fingerprint density at radius 1 is 0.705 bits per heavy atom. The van der Waals surface area contributed by atoms with Gasteiger partial charge >= 0.3 is 0 Å². The van der Waals surface area contributed by atoms with Gasteiger partial charge in [0.15, 0.2) is 25.0 Å². The van der Waals surface area contributed by atoms with Gasteiger partial charge in [0.1, 0.15) is 0 Å². The summed E-state index contributed by atoms with van der Waals surface area (Å²) in [5.41, 5.74) is -0.847. The average Bonchev–Trinajstić information content (AvgIpc) is 3.20. The van der Waals surface area contributed by atoms with Crippen molar-refractivity contribution in [3.8, 4) is 0 Å². The molecule has 0 saturated heterocycles. The highest BCUT2D eigenvalue weighted by Crippen LogP contribution is 2.70. The zero-order valence-corrected chi connectivity index (χ0v) is 34.8. The monoisotopic (exact) mass is 666 g/mol. The molecular weight excluding hydrogens is 593 g/mol. The Bertz CT molecular complexity index is 985. The molecule has 7 heteroatoms. The molecule has 4 aliphatic carbocycles. The Morgan fingerprint density at radius 2 is 1.27 bits per heavy atom. The molecule has 4 aliphatic rings. The van der Waals surface area contributed by atoms with Gasteiger partial charge in [0.25, 0.3) is 0 Å². The quantitative estimate of drug-likeness (QED) is 0.223. The SMILES string of the molecule is CC(C)[C@@H](C)CC[C@@H](C)[C@H]1CC[C@H]2[C@@H]3CC(O[Si](C)(C)C)C4(O)CC(O[Si](C)(C)C)CC[C@]4(C)[C@H]3CC(O[Si](C)(C)C)[C@]12C. The molecule has 258 valence electrons. The lowest BCUT2D eigenvalue weighted by atomic mass is 9.41. The largest absolute Gasteiger partial charge is 0.415 e. The Balaban J connectivity index is 1.73. The Labute approximate surface area is 277 Å². The van der Waals surface area contributed by atoms with Gasteiger partial charge in [-0.2, -0.15) is 0 Å². The molecule has 0 bridgehead atoms. The minimum atomic E-state index is -1.90. The lowest BCUT2D eigenvalue weighted by molar-refractivity contribution is -0.269. The van der Waals surface area contributed by atoms with E-state index in [1.54, 1.807) is 0 Å². The molecule has 4 rings (SSSR count). The number of rotatable bonds is 11. The van der Waals surface area contributed by atoms with Gasteiger partial charge in [-0.3, -0.25) is 0 Å². The highest BCUT2D eigenvalue weighted by molar-refractivity contribution is 6.70. The van der Waals surface area contributed by atoms with Crippen LogP contribution in [0.5, 0.6) is 0 Å². The standard InChI is InChI=1S/C37H74O4Si3/c1-25(2)26(3)16-17-27(4)30-18-19-31-29-22-34(41-44(13,14)15)37(38)24-28(39-42(7,8)9)20-21-35(37,5)32(29)23-33(36(30,31)6)40-43(10,11)12/h25-34,38H,16-24H2,1-15H3/t26-,27+,28?,29-,30+,31-,32-,33?,34?,35+,36+,37?/m0/s1. The minimum absolute atomic E-state index is 0.101. The van der Waals surface area contributed by atoms with Gasteiger partial charge in [-0.25, -0.2) is 0 Å². The summed E-state index contributed by atoms with van der Waals surface area (Å²) in [5.74, 6) is 4.66. The molecule has 1 N–H and O–H groups in total. The van der Waals surface area contributed by atoms with Gasteiger partial charge in [0, 0.05) is 17.9 Å². The van der Waals surface area contributed by atoms with Gasteiger partial charge in [0.05, 0.1) is 17.8 Å². The highest BCUT2D eigenvalue weighted by Gasteiger charge is 2.70. The summed E-state index contributed by atoms with van der Waals surface area (Å²) >= 11 is 0. The van der Waals surface area contributed by atoms with Crippen molar-refractivity contribution in [2.75, 3.05) is 0 Å². The molecular formula is C37H74O4Si3. The lowest BCUT2D eigenvalue weighted by Gasteiger charge is -2.68. The molecule has 4 saturated carbocycles. The number of hydrogen-bond acceptors (Lipinski definition) is 4. The molecule has 0 radical (unpaired) electrons. The van der Waals surface area contributed by atoms with Gasteiger partial charge in [-0.1, -0.05) is 54.4 Å². The van der Waals surface area contributed by atoms with Crippen LogP contribution < -0.4 is 0 Å². The summed E-state index contributed by atoms with van der Waals surface area (Å²) in [6.45, 7) is 35.9. The minimum Gasteiger partial charge on any atom is -0.415 e. The van der Waals surface area contributed by atoms with Crippen molar-refractivity contribution in [3.63, 3.8) is 0 Å². The van der Waals surface area contributed by atoms with Crippen LogP contribution in [0.25, 0.3) is 0 Å². The number of hydrogen-bond donors (Lipinski definition) is 1. The summed E-state index contributed by atoms with van der Waals surface area (Å²) in [4.78, 5) is 0. The molecule has 44 heavy (non-hydrogen) atoms. The fourth-order valence-corrected chi connectivity index (χ4v) is 14.5. The Hall–Kier alpha value is 0.491.